The fourth-order valence-electron chi connectivity index (χ4n) is 12.7. The van der Waals surface area contributed by atoms with Crippen LogP contribution in [0.25, 0.3) is 0 Å². The van der Waals surface area contributed by atoms with Gasteiger partial charge in [0.25, 0.3) is 10.1 Å². The Labute approximate surface area is 376 Å². The van der Waals surface area contributed by atoms with Gasteiger partial charge >= 0.3 is 0 Å². The summed E-state index contributed by atoms with van der Waals surface area (Å²) in [7, 11) is -4.66. The van der Waals surface area contributed by atoms with Gasteiger partial charge < -0.3 is 41.4 Å². The number of aliphatic imine (C=N–C) groups is 1. The minimum absolute atomic E-state index is 0.0721. The number of nitrogens with two attached hydrogens (primary N) is 2. The molecule has 0 unspecified atom stereocenters. The predicted molar refractivity (Wildman–Crippen MR) is 244 cm³/mol. The predicted octanol–water partition coefficient (Wildman–Crippen LogP) is 6.85. The Morgan fingerprint density at radius 1 is 1.00 bits per heavy atom. The number of aliphatic hydroxyl groups excluding tert-OH is 2. The monoisotopic (exact) mass is 893 g/mol. The van der Waals surface area contributed by atoms with Crippen LogP contribution in [0.15, 0.2) is 77.3 Å². The standard InChI is InChI=1S/C51H63N3O9S/c1-30-7-8-34-24-40-14-16-42(34)44(30)27-46(64(59,60)61)45-26-36-22-35(25-41-21-31(29-56)5-4-6-33-23-39(57)13-15-43(33)48(36)62-41)47(45)32-9-11-37(12-10-32)51(63-40,54-49(52)53)28-38(17-20-55)50(58)18-2-3-19-50/h9-16,23-24,26,30-31,35,38,41,44-48,55-58H,2-3,5,7-8,17-22,25,27-29H2,1H3,(H4,52,53,54)(H,59,60,61)/t30-,31+,35-,38-,41-,44+,45-,46-,47+,48-,51-/m1/s1. The summed E-state index contributed by atoms with van der Waals surface area (Å²) in [5.41, 5.74) is 15.9. The van der Waals surface area contributed by atoms with Crippen LogP contribution in [-0.4, -0.2) is 69.5 Å². The van der Waals surface area contributed by atoms with Gasteiger partial charge in [-0.05, 0) is 140 Å². The smallest absolute Gasteiger partial charge is 0.268 e. The van der Waals surface area contributed by atoms with Crippen LogP contribution in [-0.2, 0) is 27.0 Å². The van der Waals surface area contributed by atoms with Crippen LogP contribution < -0.4 is 16.2 Å². The van der Waals surface area contributed by atoms with Gasteiger partial charge in [0.1, 0.15) is 17.6 Å². The first kappa shape index (κ1) is 44.8. The fraction of sp³-hybridized carbons (Fsp3) is 0.549. The summed E-state index contributed by atoms with van der Waals surface area (Å²) in [6.45, 7) is 1.95. The van der Waals surface area contributed by atoms with Crippen LogP contribution in [0.1, 0.15) is 135 Å². The highest BCUT2D eigenvalue weighted by Gasteiger charge is 2.50. The van der Waals surface area contributed by atoms with E-state index in [9.17, 15) is 33.4 Å². The molecule has 10 bridgehead atoms. The highest BCUT2D eigenvalue weighted by Crippen LogP contribution is 2.55. The Balaban J connectivity index is 1.26. The van der Waals surface area contributed by atoms with Crippen molar-refractivity contribution in [3.8, 4) is 23.3 Å². The van der Waals surface area contributed by atoms with Crippen molar-refractivity contribution in [3.05, 3.63) is 106 Å². The molecule has 5 aliphatic heterocycles. The molecule has 64 heavy (non-hydrogen) atoms. The van der Waals surface area contributed by atoms with E-state index in [1.165, 1.54) is 0 Å². The van der Waals surface area contributed by atoms with Gasteiger partial charge in [0, 0.05) is 48.7 Å². The molecule has 0 aromatic heterocycles. The lowest BCUT2D eigenvalue weighted by Crippen LogP contribution is -2.44. The number of rotatable bonds is 8. The van der Waals surface area contributed by atoms with Crippen LogP contribution in [0.4, 0.5) is 0 Å². The van der Waals surface area contributed by atoms with Crippen molar-refractivity contribution in [3.63, 3.8) is 0 Å². The number of nitrogens with zero attached hydrogens (tertiary/aromatic N) is 1. The minimum atomic E-state index is -4.66. The van der Waals surface area contributed by atoms with Crippen molar-refractivity contribution in [2.75, 3.05) is 13.2 Å². The normalized spacial score (nSPS) is 32.1. The second-order valence-electron chi connectivity index (χ2n) is 19.8. The lowest BCUT2D eigenvalue weighted by molar-refractivity contribution is -0.0605. The molecule has 13 heteroatoms. The number of aliphatic hydroxyl groups is 3. The quantitative estimate of drug-likeness (QED) is 0.0408. The zero-order chi connectivity index (χ0) is 45.0. The summed E-state index contributed by atoms with van der Waals surface area (Å²) >= 11 is 0. The lowest BCUT2D eigenvalue weighted by atomic mass is 9.64. The van der Waals surface area contributed by atoms with E-state index in [1.807, 2.05) is 48.5 Å². The zero-order valence-electron chi connectivity index (χ0n) is 36.6. The van der Waals surface area contributed by atoms with E-state index in [1.54, 1.807) is 12.1 Å². The molecule has 0 radical (unpaired) electrons. The Morgan fingerprint density at radius 2 is 1.77 bits per heavy atom. The maximum absolute atomic E-state index is 14.2. The molecule has 8 aliphatic rings. The lowest BCUT2D eigenvalue weighted by Gasteiger charge is -2.42. The molecule has 5 heterocycles. The summed E-state index contributed by atoms with van der Waals surface area (Å²) in [4.78, 5) is 4.89. The number of guanidine groups is 1. The van der Waals surface area contributed by atoms with Crippen LogP contribution in [0.5, 0.6) is 11.5 Å². The molecule has 0 spiro atoms. The number of ether oxygens (including phenoxy) is 2. The van der Waals surface area contributed by atoms with E-state index < -0.39 is 44.6 Å². The van der Waals surface area contributed by atoms with Crippen LogP contribution >= 0.6 is 0 Å². The second kappa shape index (κ2) is 17.8. The zero-order valence-corrected chi connectivity index (χ0v) is 37.4. The molecule has 11 atom stereocenters. The van der Waals surface area contributed by atoms with Crippen molar-refractivity contribution < 1.29 is 42.9 Å². The molecule has 9 N–H and O–H groups in total. The van der Waals surface area contributed by atoms with Crippen molar-refractivity contribution in [2.45, 2.75) is 131 Å². The molecular formula is C51H63N3O9S. The summed E-state index contributed by atoms with van der Waals surface area (Å²) in [6.07, 6.45) is 8.46. The maximum atomic E-state index is 14.2. The Morgan fingerprint density at radius 3 is 2.48 bits per heavy atom. The number of fused-ring (bicyclic) bond motifs is 9. The largest absolute Gasteiger partial charge is 0.508 e. The number of aryl methyl sites for hydroxylation is 1. The highest BCUT2D eigenvalue weighted by molar-refractivity contribution is 7.86. The van der Waals surface area contributed by atoms with Crippen LogP contribution in [0.2, 0.25) is 0 Å². The van der Waals surface area contributed by atoms with E-state index in [0.717, 1.165) is 53.5 Å². The van der Waals surface area contributed by atoms with Gasteiger partial charge in [0.05, 0.1) is 17.0 Å². The van der Waals surface area contributed by atoms with Gasteiger partial charge in [-0.1, -0.05) is 74.1 Å². The molecule has 2 fully saturated rings. The summed E-state index contributed by atoms with van der Waals surface area (Å²) in [6, 6.07) is 18.9. The van der Waals surface area contributed by atoms with E-state index in [4.69, 9.17) is 25.9 Å². The number of hydrogen-bond donors (Lipinski definition) is 7. The third kappa shape index (κ3) is 8.70. The second-order valence-corrected chi connectivity index (χ2v) is 21.4. The molecule has 1 saturated carbocycles. The van der Waals surface area contributed by atoms with E-state index >= 15 is 0 Å². The Bertz CT molecular complexity index is 2450. The average molecular weight is 894 g/mol. The van der Waals surface area contributed by atoms with Crippen molar-refractivity contribution >= 4 is 16.1 Å². The SMILES string of the molecule is C[C@@H]1CCc2cc3ccc2[C@H]1C[C@@H](S(=O)(=O)O)[C@H]1C=C2C[C@H](C[C@H]4C[C@@H](CO)CC#Cc5cc(O)ccc5[C@@H]2O4)[C@@H]1c1ccc(cc1)[C@](C[C@@H](CCO)C1(O)CCCC1)(N=C(N)N)O3. The van der Waals surface area contributed by atoms with Crippen molar-refractivity contribution in [1.29, 1.82) is 0 Å². The topological polar surface area (TPSA) is 218 Å². The number of phenolic OH excluding ortho intramolecular Hbond substituents is 1. The Hall–Kier alpha value is -4.42. The molecule has 12 nitrogen and oxygen atoms in total. The van der Waals surface area contributed by atoms with Gasteiger partial charge in [-0.3, -0.25) is 4.55 Å². The minimum Gasteiger partial charge on any atom is -0.508 e. The number of benzene rings is 3. The summed E-state index contributed by atoms with van der Waals surface area (Å²) in [5, 5.41) is 42.4. The third-order valence-corrected chi connectivity index (χ3v) is 17.1. The molecule has 0 amide bonds. The third-order valence-electron chi connectivity index (χ3n) is 15.8. The molecule has 342 valence electrons. The molecule has 3 aliphatic carbocycles. The van der Waals surface area contributed by atoms with Gasteiger partial charge in [0.15, 0.2) is 5.96 Å². The average Bonchev–Trinajstić information content (AvgIpc) is 3.65. The molecule has 3 aromatic carbocycles. The number of aromatic hydroxyl groups is 1. The molecule has 11 rings (SSSR count). The molecule has 1 saturated heterocycles. The van der Waals surface area contributed by atoms with E-state index in [-0.39, 0.29) is 73.5 Å². The highest BCUT2D eigenvalue weighted by atomic mass is 32.2. The first-order valence-corrected chi connectivity index (χ1v) is 24.8. The van der Waals surface area contributed by atoms with Gasteiger partial charge in [-0.2, -0.15) is 8.42 Å². The van der Waals surface area contributed by atoms with Crippen LogP contribution in [0.3, 0.4) is 0 Å². The Kier molecular flexibility index (Phi) is 12.4. The van der Waals surface area contributed by atoms with Gasteiger partial charge in [-0.15, -0.1) is 0 Å². The fourth-order valence-corrected chi connectivity index (χ4v) is 13.7. The first-order chi connectivity index (χ1) is 30.7. The summed E-state index contributed by atoms with van der Waals surface area (Å²) in [5.74, 6) is 5.04. The van der Waals surface area contributed by atoms with E-state index in [0.29, 0.717) is 61.8 Å². The first-order valence-electron chi connectivity index (χ1n) is 23.3. The van der Waals surface area contributed by atoms with E-state index in [2.05, 4.69) is 24.8 Å². The number of allylic oxidation sites excluding steroid dienone is 1. The maximum Gasteiger partial charge on any atom is 0.268 e. The van der Waals surface area contributed by atoms with Crippen molar-refractivity contribution in [1.82, 2.24) is 0 Å². The van der Waals surface area contributed by atoms with Gasteiger partial charge in [0.2, 0.25) is 5.72 Å². The summed E-state index contributed by atoms with van der Waals surface area (Å²) < 4.78 is 54.1. The molecular weight excluding hydrogens is 831 g/mol. The number of hydrogen-bond acceptors (Lipinski definition) is 9. The van der Waals surface area contributed by atoms with Crippen molar-refractivity contribution in [2.24, 2.45) is 46.0 Å². The van der Waals surface area contributed by atoms with Crippen LogP contribution in [0, 0.1) is 41.4 Å². The number of phenols is 1. The van der Waals surface area contributed by atoms with Gasteiger partial charge in [-0.25, -0.2) is 4.99 Å². The molecule has 3 aromatic rings.